The molecule has 2 aliphatic heterocycles. The van der Waals surface area contributed by atoms with Crippen LogP contribution in [0.2, 0.25) is 0 Å². The normalized spacial score (nSPS) is 25.6. The number of hydrogen-bond acceptors (Lipinski definition) is 4. The van der Waals surface area contributed by atoms with Gasteiger partial charge >= 0.3 is 0 Å². The van der Waals surface area contributed by atoms with Crippen molar-refractivity contribution in [1.82, 2.24) is 15.8 Å². The minimum absolute atomic E-state index is 0.110. The van der Waals surface area contributed by atoms with E-state index in [0.29, 0.717) is 5.25 Å². The van der Waals surface area contributed by atoms with E-state index in [4.69, 9.17) is 0 Å². The lowest BCUT2D eigenvalue weighted by Gasteiger charge is -2.29. The van der Waals surface area contributed by atoms with Crippen molar-refractivity contribution >= 4 is 23.7 Å². The summed E-state index contributed by atoms with van der Waals surface area (Å²) in [7, 11) is 0. The number of rotatable bonds is 5. The van der Waals surface area contributed by atoms with Gasteiger partial charge in [0.15, 0.2) is 0 Å². The minimum atomic E-state index is 0.110. The summed E-state index contributed by atoms with van der Waals surface area (Å²) < 4.78 is 0. The molecule has 2 fully saturated rings. The first-order valence-electron chi connectivity index (χ1n) is 9.50. The highest BCUT2D eigenvalue weighted by atomic mass is 32.2. The summed E-state index contributed by atoms with van der Waals surface area (Å²) >= 11 is 2.01. The van der Waals surface area contributed by atoms with E-state index in [0.717, 1.165) is 25.1 Å². The Labute approximate surface area is 154 Å². The Bertz CT molecular complexity index is 648. The number of aryl methyl sites for hydroxylation is 2. The van der Waals surface area contributed by atoms with Crippen molar-refractivity contribution < 1.29 is 4.79 Å². The van der Waals surface area contributed by atoms with Gasteiger partial charge in [0, 0.05) is 24.4 Å². The van der Waals surface area contributed by atoms with Crippen molar-refractivity contribution in [3.8, 4) is 0 Å². The topological polar surface area (TPSA) is 44.4 Å². The van der Waals surface area contributed by atoms with Crippen LogP contribution in [0.3, 0.4) is 0 Å². The number of benzene rings is 1. The van der Waals surface area contributed by atoms with Crippen LogP contribution in [0.25, 0.3) is 6.08 Å². The molecule has 4 nitrogen and oxygen atoms in total. The average Bonchev–Trinajstić information content (AvgIpc) is 3.39. The molecule has 134 valence electrons. The number of nitrogens with zero attached hydrogens (tertiary/aromatic N) is 1. The lowest BCUT2D eigenvalue weighted by atomic mass is 10.1. The summed E-state index contributed by atoms with van der Waals surface area (Å²) in [6.45, 7) is 1.76. The number of thioether (sulfide) groups is 1. The van der Waals surface area contributed by atoms with Gasteiger partial charge in [-0.15, -0.1) is 0 Å². The molecule has 0 saturated carbocycles. The highest BCUT2D eigenvalue weighted by Gasteiger charge is 2.28. The van der Waals surface area contributed by atoms with E-state index in [9.17, 15) is 4.79 Å². The molecular formula is C20H27N3OS. The first-order valence-corrected chi connectivity index (χ1v) is 10.5. The summed E-state index contributed by atoms with van der Waals surface area (Å²) in [6, 6.07) is 6.61. The molecular weight excluding hydrogens is 330 g/mol. The molecule has 3 aliphatic rings. The van der Waals surface area contributed by atoms with Gasteiger partial charge in [-0.2, -0.15) is 11.8 Å². The molecule has 5 heteroatoms. The summed E-state index contributed by atoms with van der Waals surface area (Å²) in [5.74, 6) is 1.35. The quantitative estimate of drug-likeness (QED) is 0.796. The summed E-state index contributed by atoms with van der Waals surface area (Å²) in [5, 5.41) is 0.583. The van der Waals surface area contributed by atoms with Crippen LogP contribution in [0.1, 0.15) is 42.4 Å². The number of hydrogen-bond donors (Lipinski definition) is 2. The van der Waals surface area contributed by atoms with Gasteiger partial charge in [0.2, 0.25) is 5.91 Å². The Morgan fingerprint density at radius 1 is 1.24 bits per heavy atom. The van der Waals surface area contributed by atoms with E-state index < -0.39 is 0 Å². The van der Waals surface area contributed by atoms with Gasteiger partial charge in [-0.25, -0.2) is 5.43 Å². The number of nitrogens with one attached hydrogen (secondary N) is 2. The monoisotopic (exact) mass is 357 g/mol. The van der Waals surface area contributed by atoms with E-state index in [-0.39, 0.29) is 12.1 Å². The smallest absolute Gasteiger partial charge is 0.247 e. The van der Waals surface area contributed by atoms with Crippen molar-refractivity contribution in [2.24, 2.45) is 0 Å². The Morgan fingerprint density at radius 2 is 2.16 bits per heavy atom. The average molecular weight is 358 g/mol. The van der Waals surface area contributed by atoms with Gasteiger partial charge < -0.3 is 4.90 Å². The van der Waals surface area contributed by atoms with Gasteiger partial charge in [0.25, 0.3) is 0 Å². The maximum absolute atomic E-state index is 12.9. The fraction of sp³-hybridized carbons (Fsp3) is 0.550. The predicted molar refractivity (Wildman–Crippen MR) is 104 cm³/mol. The van der Waals surface area contributed by atoms with Crippen molar-refractivity contribution in [1.29, 1.82) is 0 Å². The molecule has 1 aromatic carbocycles. The third-order valence-electron chi connectivity index (χ3n) is 5.44. The van der Waals surface area contributed by atoms with Crippen molar-refractivity contribution in [2.45, 2.75) is 49.9 Å². The van der Waals surface area contributed by atoms with Crippen LogP contribution in [0.15, 0.2) is 24.3 Å². The largest absolute Gasteiger partial charge is 0.321 e. The Kier molecular flexibility index (Phi) is 5.44. The second-order valence-electron chi connectivity index (χ2n) is 7.22. The molecule has 1 aromatic rings. The highest BCUT2D eigenvalue weighted by molar-refractivity contribution is 8.00. The van der Waals surface area contributed by atoms with Crippen LogP contribution >= 0.6 is 11.8 Å². The van der Waals surface area contributed by atoms with Gasteiger partial charge in [-0.1, -0.05) is 18.2 Å². The molecule has 0 bridgehead atoms. The molecule has 25 heavy (non-hydrogen) atoms. The SMILES string of the molecule is O=C(/C=C/c1ccc2c(c1)CCC2)N(CC1CCCS1)C1CCNN1. The van der Waals surface area contributed by atoms with Crippen LogP contribution in [-0.4, -0.2) is 41.1 Å². The number of amides is 1. The molecule has 1 aliphatic carbocycles. The second-order valence-corrected chi connectivity index (χ2v) is 8.62. The molecule has 0 aromatic heterocycles. The molecule has 1 amide bonds. The van der Waals surface area contributed by atoms with Gasteiger partial charge in [-0.05, 0) is 67.0 Å². The van der Waals surface area contributed by atoms with E-state index in [1.807, 2.05) is 22.7 Å². The lowest BCUT2D eigenvalue weighted by molar-refractivity contribution is -0.128. The van der Waals surface area contributed by atoms with E-state index in [1.165, 1.54) is 49.0 Å². The molecule has 2 heterocycles. The van der Waals surface area contributed by atoms with E-state index in [1.54, 1.807) is 6.08 Å². The number of carbonyl (C=O) groups excluding carboxylic acids is 1. The maximum atomic E-state index is 12.9. The van der Waals surface area contributed by atoms with E-state index >= 15 is 0 Å². The first kappa shape index (κ1) is 17.1. The highest BCUT2D eigenvalue weighted by Crippen LogP contribution is 2.28. The molecule has 2 saturated heterocycles. The van der Waals surface area contributed by atoms with E-state index in [2.05, 4.69) is 29.1 Å². The maximum Gasteiger partial charge on any atom is 0.247 e. The van der Waals surface area contributed by atoms with Crippen molar-refractivity contribution in [3.05, 3.63) is 41.0 Å². The predicted octanol–water partition coefficient (Wildman–Crippen LogP) is 2.74. The van der Waals surface area contributed by atoms with Crippen LogP contribution in [0, 0.1) is 0 Å². The number of fused-ring (bicyclic) bond motifs is 1. The standard InChI is InChI=1S/C20H27N3OS/c24-20(9-7-15-6-8-16-3-1-4-17(16)13-15)23(19-10-11-21-22-19)14-18-5-2-12-25-18/h6-9,13,18-19,21-22H,1-5,10-12,14H2/b9-7+. The zero-order valence-electron chi connectivity index (χ0n) is 14.7. The lowest BCUT2D eigenvalue weighted by Crippen LogP contribution is -2.49. The third-order valence-corrected chi connectivity index (χ3v) is 6.82. The summed E-state index contributed by atoms with van der Waals surface area (Å²) in [4.78, 5) is 14.9. The Balaban J connectivity index is 1.45. The Morgan fingerprint density at radius 3 is 2.96 bits per heavy atom. The molecule has 2 unspecified atom stereocenters. The van der Waals surface area contributed by atoms with Gasteiger partial charge in [0.1, 0.15) is 0 Å². The Hall–Kier alpha value is -1.30. The van der Waals surface area contributed by atoms with Crippen LogP contribution < -0.4 is 10.9 Å². The molecule has 2 N–H and O–H groups in total. The van der Waals surface area contributed by atoms with Crippen LogP contribution in [-0.2, 0) is 17.6 Å². The molecule has 2 atom stereocenters. The molecule has 0 radical (unpaired) electrons. The van der Waals surface area contributed by atoms with Crippen molar-refractivity contribution in [2.75, 3.05) is 18.8 Å². The second kappa shape index (κ2) is 7.94. The fourth-order valence-electron chi connectivity index (χ4n) is 4.04. The van der Waals surface area contributed by atoms with Crippen LogP contribution in [0.5, 0.6) is 0 Å². The minimum Gasteiger partial charge on any atom is -0.321 e. The first-order chi connectivity index (χ1) is 12.3. The zero-order chi connectivity index (χ0) is 17.1. The zero-order valence-corrected chi connectivity index (χ0v) is 15.5. The van der Waals surface area contributed by atoms with Crippen molar-refractivity contribution in [3.63, 3.8) is 0 Å². The van der Waals surface area contributed by atoms with Gasteiger partial charge in [0.05, 0.1) is 6.17 Å². The fourth-order valence-corrected chi connectivity index (χ4v) is 5.31. The summed E-state index contributed by atoms with van der Waals surface area (Å²) in [5.41, 5.74) is 10.5. The number of hydrazine groups is 1. The molecule has 4 rings (SSSR count). The number of carbonyl (C=O) groups is 1. The molecule has 0 spiro atoms. The van der Waals surface area contributed by atoms with Crippen LogP contribution in [0.4, 0.5) is 0 Å². The van der Waals surface area contributed by atoms with Gasteiger partial charge in [-0.3, -0.25) is 10.2 Å². The summed E-state index contributed by atoms with van der Waals surface area (Å²) in [6.07, 6.45) is 11.0. The third kappa shape index (κ3) is 4.10.